The summed E-state index contributed by atoms with van der Waals surface area (Å²) in [6, 6.07) is 16.2. The lowest BCUT2D eigenvalue weighted by molar-refractivity contribution is -0.121. The fourth-order valence-corrected chi connectivity index (χ4v) is 4.69. The summed E-state index contributed by atoms with van der Waals surface area (Å²) in [5.41, 5.74) is 2.75. The minimum absolute atomic E-state index is 0.0310. The number of carbonyl (C=O) groups excluding carboxylic acids is 1. The van der Waals surface area contributed by atoms with Crippen LogP contribution in [0.15, 0.2) is 76.7 Å². The molecular formula is C22H17Cl3FN3O3S. The maximum absolute atomic E-state index is 14.4. The van der Waals surface area contributed by atoms with Gasteiger partial charge in [-0.1, -0.05) is 59.1 Å². The number of hydrazone groups is 1. The Morgan fingerprint density at radius 2 is 1.64 bits per heavy atom. The molecule has 33 heavy (non-hydrogen) atoms. The number of carbonyl (C=O) groups is 1. The van der Waals surface area contributed by atoms with Gasteiger partial charge >= 0.3 is 0 Å². The number of rotatable bonds is 8. The Bertz CT molecular complexity index is 1270. The van der Waals surface area contributed by atoms with Crippen molar-refractivity contribution < 1.29 is 17.6 Å². The van der Waals surface area contributed by atoms with E-state index in [1.54, 1.807) is 24.3 Å². The van der Waals surface area contributed by atoms with E-state index in [1.165, 1.54) is 42.6 Å². The van der Waals surface area contributed by atoms with Crippen molar-refractivity contribution in [3.05, 3.63) is 98.7 Å². The van der Waals surface area contributed by atoms with Crippen molar-refractivity contribution in [1.82, 2.24) is 9.73 Å². The maximum atomic E-state index is 14.4. The first-order valence-electron chi connectivity index (χ1n) is 9.43. The van der Waals surface area contributed by atoms with Gasteiger partial charge in [0, 0.05) is 32.7 Å². The molecule has 0 spiro atoms. The fraction of sp³-hybridized carbons (Fsp3) is 0.0909. The predicted octanol–water partition coefficient (Wildman–Crippen LogP) is 5.13. The topological polar surface area (TPSA) is 78.8 Å². The average molecular weight is 529 g/mol. The summed E-state index contributed by atoms with van der Waals surface area (Å²) in [5, 5.41) is 4.61. The van der Waals surface area contributed by atoms with Gasteiger partial charge in [-0.2, -0.15) is 9.41 Å². The molecule has 0 atom stereocenters. The normalized spacial score (nSPS) is 11.8. The number of nitrogens with zero attached hydrogens (tertiary/aromatic N) is 2. The third kappa shape index (κ3) is 6.52. The van der Waals surface area contributed by atoms with Gasteiger partial charge in [0.05, 0.1) is 17.7 Å². The molecule has 1 N–H and O–H groups in total. The number of amides is 1. The number of halogens is 4. The van der Waals surface area contributed by atoms with Crippen LogP contribution < -0.4 is 5.43 Å². The van der Waals surface area contributed by atoms with Gasteiger partial charge < -0.3 is 0 Å². The van der Waals surface area contributed by atoms with E-state index in [9.17, 15) is 17.6 Å². The van der Waals surface area contributed by atoms with E-state index in [2.05, 4.69) is 10.5 Å². The van der Waals surface area contributed by atoms with E-state index in [0.29, 0.717) is 15.6 Å². The summed E-state index contributed by atoms with van der Waals surface area (Å²) in [7, 11) is -4.21. The minimum Gasteiger partial charge on any atom is -0.272 e. The van der Waals surface area contributed by atoms with E-state index in [-0.39, 0.29) is 15.5 Å². The van der Waals surface area contributed by atoms with Gasteiger partial charge in [-0.25, -0.2) is 18.2 Å². The molecule has 0 unspecified atom stereocenters. The van der Waals surface area contributed by atoms with Gasteiger partial charge in [0.15, 0.2) is 0 Å². The zero-order valence-electron chi connectivity index (χ0n) is 16.9. The summed E-state index contributed by atoms with van der Waals surface area (Å²) in [6.07, 6.45) is 1.33. The number of sulfonamides is 1. The highest BCUT2D eigenvalue weighted by atomic mass is 35.5. The Morgan fingerprint density at radius 3 is 2.30 bits per heavy atom. The summed E-state index contributed by atoms with van der Waals surface area (Å²) >= 11 is 18.0. The highest BCUT2D eigenvalue weighted by Gasteiger charge is 2.28. The van der Waals surface area contributed by atoms with Gasteiger partial charge in [0.25, 0.3) is 5.91 Å². The van der Waals surface area contributed by atoms with Crippen LogP contribution in [-0.4, -0.2) is 31.4 Å². The Hall–Kier alpha value is -2.49. The second-order valence-electron chi connectivity index (χ2n) is 6.74. The van der Waals surface area contributed by atoms with Crippen molar-refractivity contribution in [2.75, 3.05) is 6.54 Å². The highest BCUT2D eigenvalue weighted by molar-refractivity contribution is 7.89. The van der Waals surface area contributed by atoms with Crippen LogP contribution in [0.3, 0.4) is 0 Å². The van der Waals surface area contributed by atoms with Crippen LogP contribution in [0.5, 0.6) is 0 Å². The van der Waals surface area contributed by atoms with Crippen molar-refractivity contribution in [2.24, 2.45) is 5.10 Å². The molecule has 0 heterocycles. The van der Waals surface area contributed by atoms with Crippen molar-refractivity contribution in [3.63, 3.8) is 0 Å². The van der Waals surface area contributed by atoms with Crippen molar-refractivity contribution in [1.29, 1.82) is 0 Å². The molecule has 0 aliphatic carbocycles. The second-order valence-corrected chi connectivity index (χ2v) is 9.93. The highest BCUT2D eigenvalue weighted by Crippen LogP contribution is 2.25. The van der Waals surface area contributed by atoms with E-state index < -0.39 is 34.8 Å². The molecule has 3 aromatic rings. The zero-order chi connectivity index (χ0) is 24.0. The Labute approximate surface area is 205 Å². The Morgan fingerprint density at radius 1 is 0.970 bits per heavy atom. The third-order valence-electron chi connectivity index (χ3n) is 4.47. The van der Waals surface area contributed by atoms with Gasteiger partial charge in [0.2, 0.25) is 10.0 Å². The monoisotopic (exact) mass is 527 g/mol. The first-order chi connectivity index (χ1) is 15.7. The molecular weight excluding hydrogens is 512 g/mol. The van der Waals surface area contributed by atoms with E-state index in [1.807, 2.05) is 0 Å². The van der Waals surface area contributed by atoms with Crippen LogP contribution in [-0.2, 0) is 21.4 Å². The molecule has 0 aliphatic heterocycles. The Kier molecular flexibility index (Phi) is 8.45. The number of nitrogens with one attached hydrogen (secondary N) is 1. The first kappa shape index (κ1) is 25.1. The Balaban J connectivity index is 1.85. The van der Waals surface area contributed by atoms with E-state index in [0.717, 1.165) is 10.4 Å². The quantitative estimate of drug-likeness (QED) is 0.325. The summed E-state index contributed by atoms with van der Waals surface area (Å²) in [6.45, 7) is -1.12. The van der Waals surface area contributed by atoms with Crippen molar-refractivity contribution in [2.45, 2.75) is 11.4 Å². The van der Waals surface area contributed by atoms with Crippen LogP contribution in [0.4, 0.5) is 4.39 Å². The molecule has 3 rings (SSSR count). The summed E-state index contributed by atoms with van der Waals surface area (Å²) in [5.74, 6) is -1.45. The van der Waals surface area contributed by atoms with E-state index >= 15 is 0 Å². The van der Waals surface area contributed by atoms with Gasteiger partial charge in [0.1, 0.15) is 5.82 Å². The zero-order valence-corrected chi connectivity index (χ0v) is 20.0. The number of hydrogen-bond acceptors (Lipinski definition) is 4. The van der Waals surface area contributed by atoms with Crippen LogP contribution in [0.25, 0.3) is 0 Å². The second kappa shape index (κ2) is 11.1. The molecule has 6 nitrogen and oxygen atoms in total. The minimum atomic E-state index is -4.21. The average Bonchev–Trinajstić information content (AvgIpc) is 2.77. The van der Waals surface area contributed by atoms with Crippen molar-refractivity contribution >= 4 is 56.9 Å². The molecule has 1 amide bonds. The van der Waals surface area contributed by atoms with Gasteiger partial charge in [-0.05, 0) is 42.5 Å². The molecule has 11 heteroatoms. The third-order valence-corrected chi connectivity index (χ3v) is 7.22. The number of benzene rings is 3. The maximum Gasteiger partial charge on any atom is 0.255 e. The summed E-state index contributed by atoms with van der Waals surface area (Å²) in [4.78, 5) is 12.4. The molecule has 0 radical (unpaired) electrons. The lowest BCUT2D eigenvalue weighted by Crippen LogP contribution is -2.39. The number of hydrogen-bond donors (Lipinski definition) is 1. The molecule has 0 fully saturated rings. The molecule has 0 bridgehead atoms. The SMILES string of the molecule is O=C(CN(Cc1c(F)cccc1Cl)S(=O)(=O)c1ccc(Cl)cc1)N/N=C\c1ccccc1Cl. The van der Waals surface area contributed by atoms with E-state index in [4.69, 9.17) is 34.8 Å². The summed E-state index contributed by atoms with van der Waals surface area (Å²) < 4.78 is 41.6. The molecule has 0 saturated heterocycles. The van der Waals surface area contributed by atoms with Crippen LogP contribution in [0.1, 0.15) is 11.1 Å². The molecule has 0 aliphatic rings. The lowest BCUT2D eigenvalue weighted by Gasteiger charge is -2.22. The lowest BCUT2D eigenvalue weighted by atomic mass is 10.2. The molecule has 0 aromatic heterocycles. The molecule has 172 valence electrons. The fourth-order valence-electron chi connectivity index (χ4n) is 2.79. The largest absolute Gasteiger partial charge is 0.272 e. The van der Waals surface area contributed by atoms with Crippen LogP contribution >= 0.6 is 34.8 Å². The standard InChI is InChI=1S/C22H17Cl3FN3O3S/c23-16-8-10-17(11-9-16)33(31,32)29(13-18-20(25)6-3-7-21(18)26)14-22(30)28-27-12-15-4-1-2-5-19(15)24/h1-12H,13-14H2,(H,28,30)/b27-12-. The van der Waals surface area contributed by atoms with Crippen LogP contribution in [0, 0.1) is 5.82 Å². The smallest absolute Gasteiger partial charge is 0.255 e. The van der Waals surface area contributed by atoms with Crippen LogP contribution in [0.2, 0.25) is 15.1 Å². The van der Waals surface area contributed by atoms with Gasteiger partial charge in [-0.15, -0.1) is 0 Å². The first-order valence-corrected chi connectivity index (χ1v) is 12.0. The molecule has 0 saturated carbocycles. The predicted molar refractivity (Wildman–Crippen MR) is 128 cm³/mol. The van der Waals surface area contributed by atoms with Crippen molar-refractivity contribution in [3.8, 4) is 0 Å². The molecule has 3 aromatic carbocycles. The van der Waals surface area contributed by atoms with Gasteiger partial charge in [-0.3, -0.25) is 4.79 Å².